The zero-order chi connectivity index (χ0) is 13.2. The molecule has 3 aliphatic rings. The lowest BCUT2D eigenvalue weighted by molar-refractivity contribution is 0.138. The Morgan fingerprint density at radius 2 is 1.84 bits per heavy atom. The molecule has 19 heavy (non-hydrogen) atoms. The van der Waals surface area contributed by atoms with Gasteiger partial charge in [-0.3, -0.25) is 0 Å². The summed E-state index contributed by atoms with van der Waals surface area (Å²) in [6.45, 7) is 6.62. The second-order valence-electron chi connectivity index (χ2n) is 6.03. The summed E-state index contributed by atoms with van der Waals surface area (Å²) < 4.78 is 0. The number of hydrogen-bond donors (Lipinski definition) is 1. The van der Waals surface area contributed by atoms with Crippen molar-refractivity contribution in [1.82, 2.24) is 15.1 Å². The number of carbonyl (C=O) groups is 1. The molecule has 1 N–H and O–H groups in total. The normalized spacial score (nSPS) is 32.5. The first-order valence-corrected chi connectivity index (χ1v) is 7.73. The number of amides is 2. The average molecular weight is 263 g/mol. The number of urea groups is 1. The van der Waals surface area contributed by atoms with Crippen molar-refractivity contribution in [3.63, 3.8) is 0 Å². The van der Waals surface area contributed by atoms with E-state index >= 15 is 0 Å². The van der Waals surface area contributed by atoms with Gasteiger partial charge in [0, 0.05) is 12.6 Å². The largest absolute Gasteiger partial charge is 0.321 e. The number of fused-ring (bicyclic) bond motifs is 1. The summed E-state index contributed by atoms with van der Waals surface area (Å²) in [5, 5.41) is 3.39. The predicted octanol–water partition coefficient (Wildman–Crippen LogP) is 1.97. The number of piperidine rings is 1. The summed E-state index contributed by atoms with van der Waals surface area (Å²) in [6.07, 6.45) is 8.99. The molecule has 2 amide bonds. The molecule has 0 bridgehead atoms. The van der Waals surface area contributed by atoms with Crippen molar-refractivity contribution in [2.45, 2.75) is 56.7 Å². The quantitative estimate of drug-likeness (QED) is 0.790. The van der Waals surface area contributed by atoms with Crippen molar-refractivity contribution in [1.29, 1.82) is 0 Å². The van der Waals surface area contributed by atoms with Crippen molar-refractivity contribution < 1.29 is 4.79 Å². The second kappa shape index (κ2) is 5.53. The molecule has 3 rings (SSSR count). The van der Waals surface area contributed by atoms with E-state index in [1.54, 1.807) is 0 Å². The minimum atomic E-state index is 0.267. The molecule has 0 radical (unpaired) electrons. The van der Waals surface area contributed by atoms with E-state index in [-0.39, 0.29) is 6.03 Å². The van der Waals surface area contributed by atoms with Gasteiger partial charge in [0.1, 0.15) is 0 Å². The summed E-state index contributed by atoms with van der Waals surface area (Å²) in [7, 11) is 0. The van der Waals surface area contributed by atoms with Gasteiger partial charge in [-0.05, 0) is 38.8 Å². The molecule has 2 saturated heterocycles. The summed E-state index contributed by atoms with van der Waals surface area (Å²) in [4.78, 5) is 17.0. The Morgan fingerprint density at radius 1 is 1.16 bits per heavy atom. The van der Waals surface area contributed by atoms with Crippen molar-refractivity contribution in [3.05, 3.63) is 12.7 Å². The molecule has 1 aliphatic carbocycles. The Hall–Kier alpha value is -1.03. The maximum Gasteiger partial charge on any atom is 0.321 e. The zero-order valence-electron chi connectivity index (χ0n) is 11.7. The van der Waals surface area contributed by atoms with Crippen LogP contribution in [0, 0.1) is 0 Å². The van der Waals surface area contributed by atoms with Crippen LogP contribution in [0.3, 0.4) is 0 Å². The molecule has 2 atom stereocenters. The molecule has 0 spiro atoms. The molecular formula is C15H25N3O. The van der Waals surface area contributed by atoms with Crippen LogP contribution in [0.4, 0.5) is 4.79 Å². The Balaban J connectivity index is 1.81. The molecule has 4 heteroatoms. The molecule has 1 saturated carbocycles. The van der Waals surface area contributed by atoms with Crippen LogP contribution in [-0.2, 0) is 0 Å². The maximum absolute atomic E-state index is 12.7. The second-order valence-corrected chi connectivity index (χ2v) is 6.03. The lowest BCUT2D eigenvalue weighted by atomic mass is 9.89. The van der Waals surface area contributed by atoms with Crippen molar-refractivity contribution >= 4 is 6.03 Å². The highest BCUT2D eigenvalue weighted by Crippen LogP contribution is 2.36. The fraction of sp³-hybridized carbons (Fsp3) is 0.800. The van der Waals surface area contributed by atoms with E-state index in [0.29, 0.717) is 24.7 Å². The van der Waals surface area contributed by atoms with Crippen LogP contribution in [0.15, 0.2) is 12.7 Å². The standard InChI is InChI=1S/C15H25N3O/c1-2-11-17-13-5-3-4-6-14(13)18(15(17)19)12-7-9-16-10-8-12/h2,12-14,16H,1,3-11H2/t13-,14-/m0/s1. The topological polar surface area (TPSA) is 35.6 Å². The third-order valence-corrected chi connectivity index (χ3v) is 4.95. The first kappa shape index (κ1) is 13.0. The van der Waals surface area contributed by atoms with Gasteiger partial charge in [-0.25, -0.2) is 4.79 Å². The summed E-state index contributed by atoms with van der Waals surface area (Å²) in [5.41, 5.74) is 0. The van der Waals surface area contributed by atoms with Crippen molar-refractivity contribution in [2.75, 3.05) is 19.6 Å². The lowest BCUT2D eigenvalue weighted by Gasteiger charge is -2.37. The van der Waals surface area contributed by atoms with E-state index in [1.807, 2.05) is 6.08 Å². The molecule has 4 nitrogen and oxygen atoms in total. The average Bonchev–Trinajstić information content (AvgIpc) is 2.73. The Bertz CT molecular complexity index is 351. The molecule has 0 aromatic rings. The molecule has 0 aromatic carbocycles. The minimum absolute atomic E-state index is 0.267. The van der Waals surface area contributed by atoms with Crippen LogP contribution in [0.5, 0.6) is 0 Å². The monoisotopic (exact) mass is 263 g/mol. The van der Waals surface area contributed by atoms with Crippen molar-refractivity contribution in [3.8, 4) is 0 Å². The van der Waals surface area contributed by atoms with E-state index < -0.39 is 0 Å². The predicted molar refractivity (Wildman–Crippen MR) is 76.1 cm³/mol. The van der Waals surface area contributed by atoms with E-state index in [2.05, 4.69) is 21.7 Å². The molecular weight excluding hydrogens is 238 g/mol. The van der Waals surface area contributed by atoms with Crippen molar-refractivity contribution in [2.24, 2.45) is 0 Å². The molecule has 106 valence electrons. The minimum Gasteiger partial charge on any atom is -0.317 e. The van der Waals surface area contributed by atoms with Crippen LogP contribution in [0.1, 0.15) is 38.5 Å². The number of rotatable bonds is 3. The van der Waals surface area contributed by atoms with E-state index in [1.165, 1.54) is 25.7 Å². The van der Waals surface area contributed by atoms with Gasteiger partial charge in [0.15, 0.2) is 0 Å². The summed E-state index contributed by atoms with van der Waals surface area (Å²) >= 11 is 0. The fourth-order valence-corrected chi connectivity index (χ4v) is 4.08. The van der Waals surface area contributed by atoms with Crippen LogP contribution in [0.2, 0.25) is 0 Å². The van der Waals surface area contributed by atoms with Gasteiger partial charge in [-0.1, -0.05) is 18.9 Å². The third-order valence-electron chi connectivity index (χ3n) is 4.95. The maximum atomic E-state index is 12.7. The highest BCUT2D eigenvalue weighted by atomic mass is 16.2. The van der Waals surface area contributed by atoms with Crippen LogP contribution in [-0.4, -0.2) is 53.6 Å². The summed E-state index contributed by atoms with van der Waals surface area (Å²) in [6, 6.07) is 1.62. The first-order chi connectivity index (χ1) is 9.33. The number of nitrogens with zero attached hydrogens (tertiary/aromatic N) is 2. The SMILES string of the molecule is C=CCN1C(=O)N(C2CCNCC2)[C@H]2CCCC[C@@H]21. The molecule has 2 heterocycles. The summed E-state index contributed by atoms with van der Waals surface area (Å²) in [5.74, 6) is 0. The molecule has 2 aliphatic heterocycles. The highest BCUT2D eigenvalue weighted by Gasteiger charge is 2.48. The van der Waals surface area contributed by atoms with Gasteiger partial charge < -0.3 is 15.1 Å². The lowest BCUT2D eigenvalue weighted by Crippen LogP contribution is -2.49. The van der Waals surface area contributed by atoms with Crippen LogP contribution >= 0.6 is 0 Å². The number of hydrogen-bond acceptors (Lipinski definition) is 2. The van der Waals surface area contributed by atoms with E-state index in [9.17, 15) is 4.79 Å². The smallest absolute Gasteiger partial charge is 0.317 e. The number of nitrogens with one attached hydrogen (secondary N) is 1. The Morgan fingerprint density at radius 3 is 2.53 bits per heavy atom. The van der Waals surface area contributed by atoms with Gasteiger partial charge in [-0.2, -0.15) is 0 Å². The van der Waals surface area contributed by atoms with Gasteiger partial charge in [0.2, 0.25) is 0 Å². The first-order valence-electron chi connectivity index (χ1n) is 7.73. The van der Waals surface area contributed by atoms with Crippen LogP contribution in [0.25, 0.3) is 0 Å². The number of carbonyl (C=O) groups excluding carboxylic acids is 1. The van der Waals surface area contributed by atoms with Gasteiger partial charge in [0.05, 0.1) is 12.1 Å². The van der Waals surface area contributed by atoms with Gasteiger partial charge >= 0.3 is 6.03 Å². The molecule has 3 fully saturated rings. The zero-order valence-corrected chi connectivity index (χ0v) is 11.7. The third kappa shape index (κ3) is 2.27. The van der Waals surface area contributed by atoms with E-state index in [4.69, 9.17) is 0 Å². The Kier molecular flexibility index (Phi) is 3.78. The van der Waals surface area contributed by atoms with Crippen LogP contribution < -0.4 is 5.32 Å². The Labute approximate surface area is 115 Å². The van der Waals surface area contributed by atoms with E-state index in [0.717, 1.165) is 25.9 Å². The fourth-order valence-electron chi connectivity index (χ4n) is 4.08. The highest BCUT2D eigenvalue weighted by molar-refractivity contribution is 5.78. The van der Waals surface area contributed by atoms with Gasteiger partial charge in [-0.15, -0.1) is 6.58 Å². The molecule has 0 aromatic heterocycles. The van der Waals surface area contributed by atoms with Gasteiger partial charge in [0.25, 0.3) is 0 Å². The molecule has 0 unspecified atom stereocenters.